The number of carbonyl (C=O) groups excluding carboxylic acids is 1. The zero-order valence-electron chi connectivity index (χ0n) is 9.63. The molecule has 1 amide bonds. The molecule has 2 saturated heterocycles. The van der Waals surface area contributed by atoms with Gasteiger partial charge in [-0.25, -0.2) is 0 Å². The van der Waals surface area contributed by atoms with Gasteiger partial charge >= 0.3 is 0 Å². The van der Waals surface area contributed by atoms with Crippen molar-refractivity contribution in [2.45, 2.75) is 39.0 Å². The number of amides is 1. The zero-order valence-corrected chi connectivity index (χ0v) is 9.63. The highest BCUT2D eigenvalue weighted by molar-refractivity contribution is 5.76. The van der Waals surface area contributed by atoms with Crippen molar-refractivity contribution in [3.8, 4) is 0 Å². The first-order valence-electron chi connectivity index (χ1n) is 6.11. The molecule has 2 aliphatic heterocycles. The van der Waals surface area contributed by atoms with Gasteiger partial charge in [0.25, 0.3) is 0 Å². The molecule has 3 heteroatoms. The lowest BCUT2D eigenvalue weighted by molar-refractivity contribution is -0.153. The molecule has 0 aromatic heterocycles. The van der Waals surface area contributed by atoms with Crippen molar-refractivity contribution in [3.63, 3.8) is 0 Å². The predicted octanol–water partition coefficient (Wildman–Crippen LogP) is 1.82. The van der Waals surface area contributed by atoms with E-state index in [1.54, 1.807) is 0 Å². The number of hydrogen-bond donors (Lipinski definition) is 0. The van der Waals surface area contributed by atoms with Crippen LogP contribution in [0.25, 0.3) is 0 Å². The molecule has 0 aliphatic carbocycles. The first kappa shape index (κ1) is 10.9. The summed E-state index contributed by atoms with van der Waals surface area (Å²) in [6.45, 7) is 5.87. The van der Waals surface area contributed by atoms with Crippen molar-refractivity contribution in [2.75, 3.05) is 26.3 Å². The van der Waals surface area contributed by atoms with E-state index in [0.717, 1.165) is 58.4 Å². The lowest BCUT2D eigenvalue weighted by Crippen LogP contribution is -2.52. The molecule has 0 aromatic carbocycles. The van der Waals surface area contributed by atoms with Gasteiger partial charge in [-0.15, -0.1) is 0 Å². The summed E-state index contributed by atoms with van der Waals surface area (Å²) in [6, 6.07) is 0. The number of hydrogen-bond acceptors (Lipinski definition) is 2. The monoisotopic (exact) mass is 211 g/mol. The predicted molar refractivity (Wildman–Crippen MR) is 58.6 cm³/mol. The average Bonchev–Trinajstić information content (AvgIpc) is 2.24. The van der Waals surface area contributed by atoms with Gasteiger partial charge < -0.3 is 9.64 Å². The highest BCUT2D eigenvalue weighted by Crippen LogP contribution is 2.38. The largest absolute Gasteiger partial charge is 0.380 e. The summed E-state index contributed by atoms with van der Waals surface area (Å²) in [6.07, 6.45) is 5.16. The van der Waals surface area contributed by atoms with Gasteiger partial charge in [-0.3, -0.25) is 4.79 Å². The van der Waals surface area contributed by atoms with E-state index in [4.69, 9.17) is 4.74 Å². The fourth-order valence-corrected chi connectivity index (χ4v) is 2.40. The zero-order chi connectivity index (χ0) is 10.7. The second-order valence-electron chi connectivity index (χ2n) is 4.98. The summed E-state index contributed by atoms with van der Waals surface area (Å²) in [7, 11) is 0. The van der Waals surface area contributed by atoms with Crippen molar-refractivity contribution >= 4 is 5.91 Å². The molecule has 3 nitrogen and oxygen atoms in total. The Morgan fingerprint density at radius 1 is 1.33 bits per heavy atom. The molecular weight excluding hydrogens is 190 g/mol. The third-order valence-corrected chi connectivity index (χ3v) is 3.74. The minimum atomic E-state index is 0.354. The average molecular weight is 211 g/mol. The first-order chi connectivity index (χ1) is 7.26. The van der Waals surface area contributed by atoms with Gasteiger partial charge in [0, 0.05) is 24.9 Å². The number of nitrogens with zero attached hydrogens (tertiary/aromatic N) is 1. The normalized spacial score (nSPS) is 23.9. The van der Waals surface area contributed by atoms with Crippen molar-refractivity contribution in [1.29, 1.82) is 0 Å². The van der Waals surface area contributed by atoms with E-state index in [-0.39, 0.29) is 0 Å². The van der Waals surface area contributed by atoms with Gasteiger partial charge in [-0.05, 0) is 19.3 Å². The highest BCUT2D eigenvalue weighted by Gasteiger charge is 2.41. The van der Waals surface area contributed by atoms with Gasteiger partial charge in [0.15, 0.2) is 0 Å². The Morgan fingerprint density at radius 2 is 2.00 bits per heavy atom. The third-order valence-electron chi connectivity index (χ3n) is 3.74. The van der Waals surface area contributed by atoms with Crippen LogP contribution in [0.2, 0.25) is 0 Å². The molecule has 0 bridgehead atoms. The Bertz CT molecular complexity index is 226. The lowest BCUT2D eigenvalue weighted by atomic mass is 9.77. The first-order valence-corrected chi connectivity index (χ1v) is 6.11. The number of carbonyl (C=O) groups is 1. The molecule has 2 heterocycles. The smallest absolute Gasteiger partial charge is 0.222 e. The number of rotatable bonds is 3. The second-order valence-corrected chi connectivity index (χ2v) is 4.98. The summed E-state index contributed by atoms with van der Waals surface area (Å²) in [4.78, 5) is 13.8. The molecule has 0 aromatic rings. The van der Waals surface area contributed by atoms with Crippen LogP contribution in [0, 0.1) is 5.41 Å². The summed E-state index contributed by atoms with van der Waals surface area (Å²) in [5, 5.41) is 0. The van der Waals surface area contributed by atoms with Gasteiger partial charge in [-0.1, -0.05) is 13.3 Å². The van der Waals surface area contributed by atoms with Crippen LogP contribution in [0.1, 0.15) is 39.0 Å². The van der Waals surface area contributed by atoms with Crippen LogP contribution in [0.15, 0.2) is 0 Å². The maximum Gasteiger partial charge on any atom is 0.222 e. The van der Waals surface area contributed by atoms with Crippen molar-refractivity contribution in [3.05, 3.63) is 0 Å². The maximum absolute atomic E-state index is 11.8. The van der Waals surface area contributed by atoms with E-state index in [1.807, 2.05) is 4.90 Å². The van der Waals surface area contributed by atoms with E-state index in [0.29, 0.717) is 11.3 Å². The second kappa shape index (κ2) is 4.52. The topological polar surface area (TPSA) is 29.5 Å². The lowest BCUT2D eigenvalue weighted by Gasteiger charge is -2.47. The number of piperidine rings is 1. The van der Waals surface area contributed by atoms with Crippen LogP contribution in [0.4, 0.5) is 0 Å². The van der Waals surface area contributed by atoms with Gasteiger partial charge in [0.1, 0.15) is 0 Å². The fraction of sp³-hybridized carbons (Fsp3) is 0.917. The summed E-state index contributed by atoms with van der Waals surface area (Å²) in [5.74, 6) is 0.354. The van der Waals surface area contributed by atoms with Crippen LogP contribution in [0.3, 0.4) is 0 Å². The molecule has 0 saturated carbocycles. The number of likely N-dealkylation sites (tertiary alicyclic amines) is 1. The van der Waals surface area contributed by atoms with Gasteiger partial charge in [0.2, 0.25) is 5.91 Å². The van der Waals surface area contributed by atoms with Crippen molar-refractivity contribution < 1.29 is 9.53 Å². The minimum absolute atomic E-state index is 0.354. The molecule has 0 atom stereocenters. The number of ether oxygens (including phenoxy) is 1. The molecule has 1 spiro atoms. The van der Waals surface area contributed by atoms with Crippen molar-refractivity contribution in [2.24, 2.45) is 5.41 Å². The Morgan fingerprint density at radius 3 is 2.47 bits per heavy atom. The maximum atomic E-state index is 11.8. The summed E-state index contributed by atoms with van der Waals surface area (Å²) >= 11 is 0. The fourth-order valence-electron chi connectivity index (χ4n) is 2.40. The molecule has 2 fully saturated rings. The van der Waals surface area contributed by atoms with E-state index < -0.39 is 0 Å². The molecule has 0 N–H and O–H groups in total. The van der Waals surface area contributed by atoms with E-state index in [2.05, 4.69) is 6.92 Å². The molecule has 0 radical (unpaired) electrons. The highest BCUT2D eigenvalue weighted by atomic mass is 16.5. The van der Waals surface area contributed by atoms with E-state index >= 15 is 0 Å². The molecule has 86 valence electrons. The van der Waals surface area contributed by atoms with Gasteiger partial charge in [0.05, 0.1) is 13.2 Å². The quantitative estimate of drug-likeness (QED) is 0.712. The molecule has 0 unspecified atom stereocenters. The minimum Gasteiger partial charge on any atom is -0.380 e. The Hall–Kier alpha value is -0.570. The molecular formula is C12H21NO2. The number of unbranched alkanes of at least 4 members (excludes halogenated alkanes) is 1. The summed E-state index contributed by atoms with van der Waals surface area (Å²) in [5.41, 5.74) is 0.446. The Balaban J connectivity index is 1.75. The molecule has 15 heavy (non-hydrogen) atoms. The van der Waals surface area contributed by atoms with Gasteiger partial charge in [-0.2, -0.15) is 0 Å². The molecule has 2 rings (SSSR count). The Kier molecular flexibility index (Phi) is 3.29. The Labute approximate surface area is 91.8 Å². The van der Waals surface area contributed by atoms with Crippen LogP contribution < -0.4 is 0 Å². The van der Waals surface area contributed by atoms with Crippen LogP contribution in [-0.2, 0) is 9.53 Å². The van der Waals surface area contributed by atoms with Crippen molar-refractivity contribution in [1.82, 2.24) is 4.90 Å². The van der Waals surface area contributed by atoms with Crippen LogP contribution in [-0.4, -0.2) is 37.1 Å². The SMILES string of the molecule is CCCCC(=O)N1CCC2(CC1)COC2. The van der Waals surface area contributed by atoms with E-state index in [1.165, 1.54) is 0 Å². The molecule has 2 aliphatic rings. The van der Waals surface area contributed by atoms with Crippen LogP contribution >= 0.6 is 0 Å². The standard InChI is InChI=1S/C12H21NO2/c1-2-3-4-11(14)13-7-5-12(6-8-13)9-15-10-12/h2-10H2,1H3. The summed E-state index contributed by atoms with van der Waals surface area (Å²) < 4.78 is 5.27. The van der Waals surface area contributed by atoms with Crippen LogP contribution in [0.5, 0.6) is 0 Å². The third kappa shape index (κ3) is 2.33. The van der Waals surface area contributed by atoms with E-state index in [9.17, 15) is 4.79 Å².